The molecule has 1 fully saturated rings. The van der Waals surface area contributed by atoms with Crippen LogP contribution in [0.3, 0.4) is 0 Å². The molecule has 2 heteroatoms. The lowest BCUT2D eigenvalue weighted by Gasteiger charge is -2.13. The van der Waals surface area contributed by atoms with E-state index >= 15 is 0 Å². The number of rotatable bonds is 2. The minimum atomic E-state index is 1.03. The zero-order valence-electron chi connectivity index (χ0n) is 8.16. The Kier molecular flexibility index (Phi) is 2.60. The van der Waals surface area contributed by atoms with Crippen molar-refractivity contribution in [1.82, 2.24) is 9.88 Å². The summed E-state index contributed by atoms with van der Waals surface area (Å²) in [6.45, 7) is 5.57. The summed E-state index contributed by atoms with van der Waals surface area (Å²) in [6.07, 6.45) is 2.71. The Bertz CT molecular complexity index is 277. The minimum Gasteiger partial charge on any atom is -0.298 e. The summed E-state index contributed by atoms with van der Waals surface area (Å²) in [5.74, 6) is 0. The van der Waals surface area contributed by atoms with Crippen LogP contribution < -0.4 is 0 Å². The monoisotopic (exact) mass is 176 g/mol. The molecule has 0 radical (unpaired) electrons. The van der Waals surface area contributed by atoms with Crippen LogP contribution in [0.2, 0.25) is 0 Å². The molecule has 0 bridgehead atoms. The van der Waals surface area contributed by atoms with E-state index in [9.17, 15) is 0 Å². The molecule has 13 heavy (non-hydrogen) atoms. The number of nitrogens with zero attached hydrogens (tertiary/aromatic N) is 2. The molecule has 2 rings (SSSR count). The molecule has 1 saturated heterocycles. The van der Waals surface area contributed by atoms with E-state index in [0.717, 1.165) is 12.2 Å². The molecule has 70 valence electrons. The fourth-order valence-corrected chi connectivity index (χ4v) is 1.86. The Morgan fingerprint density at radius 3 is 2.77 bits per heavy atom. The van der Waals surface area contributed by atoms with Crippen molar-refractivity contribution < 1.29 is 0 Å². The van der Waals surface area contributed by atoms with Crippen molar-refractivity contribution in [2.24, 2.45) is 0 Å². The van der Waals surface area contributed by atoms with E-state index in [1.807, 2.05) is 13.0 Å². The van der Waals surface area contributed by atoms with Crippen molar-refractivity contribution in [2.45, 2.75) is 26.3 Å². The normalized spacial score (nSPS) is 17.9. The van der Waals surface area contributed by atoms with Crippen LogP contribution in [0.15, 0.2) is 18.2 Å². The van der Waals surface area contributed by atoms with Crippen LogP contribution in [0.4, 0.5) is 0 Å². The summed E-state index contributed by atoms with van der Waals surface area (Å²) in [5, 5.41) is 0. The van der Waals surface area contributed by atoms with Crippen LogP contribution in [-0.2, 0) is 6.54 Å². The predicted octanol–water partition coefficient (Wildman–Crippen LogP) is 1.99. The highest BCUT2D eigenvalue weighted by Gasteiger charge is 2.11. The Labute approximate surface area is 79.6 Å². The number of aryl methyl sites for hydroxylation is 1. The van der Waals surface area contributed by atoms with Gasteiger partial charge in [-0.3, -0.25) is 9.88 Å². The molecule has 1 aliphatic rings. The molecule has 1 aromatic rings. The van der Waals surface area contributed by atoms with Crippen LogP contribution in [-0.4, -0.2) is 23.0 Å². The van der Waals surface area contributed by atoms with Crippen molar-refractivity contribution in [3.63, 3.8) is 0 Å². The standard InChI is InChI=1S/C11H16N2/c1-10-5-4-6-11(12-10)9-13-7-2-3-8-13/h4-6H,2-3,7-9H2,1H3. The number of hydrogen-bond acceptors (Lipinski definition) is 2. The highest BCUT2D eigenvalue weighted by Crippen LogP contribution is 2.11. The molecule has 0 aromatic carbocycles. The molecule has 0 atom stereocenters. The first kappa shape index (κ1) is 8.70. The second kappa shape index (κ2) is 3.88. The quantitative estimate of drug-likeness (QED) is 0.685. The van der Waals surface area contributed by atoms with Gasteiger partial charge in [-0.05, 0) is 45.0 Å². The summed E-state index contributed by atoms with van der Waals surface area (Å²) in [5.41, 5.74) is 2.33. The Morgan fingerprint density at radius 2 is 2.08 bits per heavy atom. The van der Waals surface area contributed by atoms with Crippen molar-refractivity contribution in [1.29, 1.82) is 0 Å². The fraction of sp³-hybridized carbons (Fsp3) is 0.545. The van der Waals surface area contributed by atoms with Gasteiger partial charge in [0, 0.05) is 12.2 Å². The van der Waals surface area contributed by atoms with E-state index in [2.05, 4.69) is 22.0 Å². The van der Waals surface area contributed by atoms with Gasteiger partial charge in [-0.15, -0.1) is 0 Å². The Morgan fingerprint density at radius 1 is 1.31 bits per heavy atom. The average Bonchev–Trinajstić information content (AvgIpc) is 2.57. The van der Waals surface area contributed by atoms with Gasteiger partial charge in [-0.2, -0.15) is 0 Å². The van der Waals surface area contributed by atoms with Crippen molar-refractivity contribution >= 4 is 0 Å². The van der Waals surface area contributed by atoms with Gasteiger partial charge in [0.15, 0.2) is 0 Å². The topological polar surface area (TPSA) is 16.1 Å². The van der Waals surface area contributed by atoms with E-state index in [1.54, 1.807) is 0 Å². The Hall–Kier alpha value is -0.890. The van der Waals surface area contributed by atoms with Crippen molar-refractivity contribution in [3.05, 3.63) is 29.6 Å². The van der Waals surface area contributed by atoms with Crippen LogP contribution in [0.25, 0.3) is 0 Å². The smallest absolute Gasteiger partial charge is 0.0547 e. The van der Waals surface area contributed by atoms with Gasteiger partial charge < -0.3 is 0 Å². The van der Waals surface area contributed by atoms with Crippen molar-refractivity contribution in [2.75, 3.05) is 13.1 Å². The maximum Gasteiger partial charge on any atom is 0.0547 e. The molecule has 2 heterocycles. The highest BCUT2D eigenvalue weighted by molar-refractivity contribution is 5.09. The van der Waals surface area contributed by atoms with Crippen LogP contribution in [0.5, 0.6) is 0 Å². The lowest BCUT2D eigenvalue weighted by molar-refractivity contribution is 0.327. The summed E-state index contributed by atoms with van der Waals surface area (Å²) in [7, 11) is 0. The number of likely N-dealkylation sites (tertiary alicyclic amines) is 1. The fourth-order valence-electron chi connectivity index (χ4n) is 1.86. The molecule has 1 aliphatic heterocycles. The summed E-state index contributed by atoms with van der Waals surface area (Å²) in [6, 6.07) is 6.26. The molecule has 2 nitrogen and oxygen atoms in total. The van der Waals surface area contributed by atoms with E-state index < -0.39 is 0 Å². The SMILES string of the molecule is Cc1cccc(CN2CCCC2)n1. The van der Waals surface area contributed by atoms with Crippen molar-refractivity contribution in [3.8, 4) is 0 Å². The number of aromatic nitrogens is 1. The van der Waals surface area contributed by atoms with E-state index in [-0.39, 0.29) is 0 Å². The molecule has 1 aromatic heterocycles. The highest BCUT2D eigenvalue weighted by atomic mass is 15.1. The van der Waals surface area contributed by atoms with Crippen LogP contribution in [0, 0.1) is 6.92 Å². The van der Waals surface area contributed by atoms with Gasteiger partial charge in [-0.1, -0.05) is 6.07 Å². The molecular formula is C11H16N2. The first-order valence-corrected chi connectivity index (χ1v) is 4.99. The largest absolute Gasteiger partial charge is 0.298 e. The third-order valence-electron chi connectivity index (χ3n) is 2.53. The molecule has 0 spiro atoms. The summed E-state index contributed by atoms with van der Waals surface area (Å²) in [4.78, 5) is 6.97. The third-order valence-corrected chi connectivity index (χ3v) is 2.53. The van der Waals surface area contributed by atoms with Gasteiger partial charge in [0.05, 0.1) is 5.69 Å². The lowest BCUT2D eigenvalue weighted by Crippen LogP contribution is -2.19. The summed E-state index contributed by atoms with van der Waals surface area (Å²) >= 11 is 0. The minimum absolute atomic E-state index is 1.03. The van der Waals surface area contributed by atoms with Crippen LogP contribution >= 0.6 is 0 Å². The number of pyridine rings is 1. The zero-order chi connectivity index (χ0) is 9.10. The van der Waals surface area contributed by atoms with E-state index in [4.69, 9.17) is 0 Å². The first-order valence-electron chi connectivity index (χ1n) is 4.99. The predicted molar refractivity (Wildman–Crippen MR) is 53.5 cm³/mol. The molecule has 0 saturated carbocycles. The zero-order valence-corrected chi connectivity index (χ0v) is 8.16. The average molecular weight is 176 g/mol. The molecule has 0 aliphatic carbocycles. The van der Waals surface area contributed by atoms with Gasteiger partial charge >= 0.3 is 0 Å². The Balaban J connectivity index is 2.00. The third kappa shape index (κ3) is 2.28. The summed E-state index contributed by atoms with van der Waals surface area (Å²) < 4.78 is 0. The van der Waals surface area contributed by atoms with Gasteiger partial charge in [-0.25, -0.2) is 0 Å². The van der Waals surface area contributed by atoms with E-state index in [1.165, 1.54) is 31.6 Å². The lowest BCUT2D eigenvalue weighted by atomic mass is 10.3. The second-order valence-corrected chi connectivity index (χ2v) is 3.75. The molecular weight excluding hydrogens is 160 g/mol. The first-order chi connectivity index (χ1) is 6.34. The maximum atomic E-state index is 4.50. The van der Waals surface area contributed by atoms with Gasteiger partial charge in [0.25, 0.3) is 0 Å². The second-order valence-electron chi connectivity index (χ2n) is 3.75. The molecule has 0 unspecified atom stereocenters. The maximum absolute atomic E-state index is 4.50. The van der Waals surface area contributed by atoms with E-state index in [0.29, 0.717) is 0 Å². The van der Waals surface area contributed by atoms with Crippen LogP contribution in [0.1, 0.15) is 24.2 Å². The van der Waals surface area contributed by atoms with Gasteiger partial charge in [0.1, 0.15) is 0 Å². The van der Waals surface area contributed by atoms with Gasteiger partial charge in [0.2, 0.25) is 0 Å². The molecule has 0 amide bonds. The number of hydrogen-bond donors (Lipinski definition) is 0. The molecule has 0 N–H and O–H groups in total.